The first-order valence-electron chi connectivity index (χ1n) is 7.81. The number of amides is 1. The number of aliphatic hydroxyl groups is 1. The summed E-state index contributed by atoms with van der Waals surface area (Å²) in [4.78, 5) is 16.5. The van der Waals surface area contributed by atoms with Crippen LogP contribution < -0.4 is 5.32 Å². The van der Waals surface area contributed by atoms with E-state index in [9.17, 15) is 9.90 Å². The molecule has 4 nitrogen and oxygen atoms in total. The summed E-state index contributed by atoms with van der Waals surface area (Å²) in [7, 11) is 0. The van der Waals surface area contributed by atoms with Crippen molar-refractivity contribution in [3.8, 4) is 0 Å². The Hall–Kier alpha value is -1.72. The van der Waals surface area contributed by atoms with Gasteiger partial charge in [-0.15, -0.1) is 11.3 Å². The van der Waals surface area contributed by atoms with E-state index in [0.717, 1.165) is 16.3 Å². The molecular formula is C18H24N2O2S. The number of aliphatic hydroxyl groups excluding tert-OH is 1. The molecule has 0 saturated carbocycles. The molecule has 5 heteroatoms. The first kappa shape index (κ1) is 17.6. The lowest BCUT2D eigenvalue weighted by atomic mass is 9.93. The van der Waals surface area contributed by atoms with Crippen molar-refractivity contribution in [2.45, 2.75) is 45.1 Å². The zero-order valence-electron chi connectivity index (χ0n) is 13.9. The van der Waals surface area contributed by atoms with Crippen LogP contribution in [0.25, 0.3) is 0 Å². The molecule has 0 aliphatic carbocycles. The molecule has 0 aliphatic heterocycles. The SMILES string of the molecule is CC(C)(C)c1csc(CCNC(=O)CC(O)c2ccccc2)n1. The molecule has 1 amide bonds. The Kier molecular flexibility index (Phi) is 5.91. The number of nitrogens with one attached hydrogen (secondary N) is 1. The van der Waals surface area contributed by atoms with Crippen LogP contribution >= 0.6 is 11.3 Å². The van der Waals surface area contributed by atoms with E-state index < -0.39 is 6.10 Å². The van der Waals surface area contributed by atoms with Crippen molar-refractivity contribution in [1.29, 1.82) is 0 Å². The van der Waals surface area contributed by atoms with Gasteiger partial charge in [-0.25, -0.2) is 4.98 Å². The lowest BCUT2D eigenvalue weighted by Crippen LogP contribution is -2.27. The third-order valence-electron chi connectivity index (χ3n) is 3.54. The molecule has 1 atom stereocenters. The van der Waals surface area contributed by atoms with E-state index in [1.54, 1.807) is 11.3 Å². The van der Waals surface area contributed by atoms with Gasteiger partial charge in [-0.1, -0.05) is 51.1 Å². The average molecular weight is 332 g/mol. The van der Waals surface area contributed by atoms with Crippen molar-refractivity contribution in [2.75, 3.05) is 6.54 Å². The van der Waals surface area contributed by atoms with Crippen LogP contribution in [0.3, 0.4) is 0 Å². The highest BCUT2D eigenvalue weighted by atomic mass is 32.1. The number of aromatic nitrogens is 1. The number of benzene rings is 1. The third-order valence-corrected chi connectivity index (χ3v) is 4.45. The maximum atomic E-state index is 11.9. The zero-order chi connectivity index (χ0) is 16.9. The fourth-order valence-electron chi connectivity index (χ4n) is 2.12. The molecule has 0 bridgehead atoms. The summed E-state index contributed by atoms with van der Waals surface area (Å²) in [5.74, 6) is -0.144. The molecule has 1 aromatic carbocycles. The molecule has 0 saturated heterocycles. The van der Waals surface area contributed by atoms with Gasteiger partial charge >= 0.3 is 0 Å². The van der Waals surface area contributed by atoms with Crippen molar-refractivity contribution < 1.29 is 9.90 Å². The molecule has 1 unspecified atom stereocenters. The van der Waals surface area contributed by atoms with Crippen molar-refractivity contribution in [3.63, 3.8) is 0 Å². The summed E-state index contributed by atoms with van der Waals surface area (Å²) in [6, 6.07) is 9.23. The van der Waals surface area contributed by atoms with Gasteiger partial charge in [-0.3, -0.25) is 4.79 Å². The molecule has 2 N–H and O–H groups in total. The maximum Gasteiger partial charge on any atom is 0.222 e. The molecule has 0 aliphatic rings. The van der Waals surface area contributed by atoms with Crippen LogP contribution in [0.5, 0.6) is 0 Å². The molecular weight excluding hydrogens is 308 g/mol. The minimum Gasteiger partial charge on any atom is -0.388 e. The van der Waals surface area contributed by atoms with Crippen molar-refractivity contribution >= 4 is 17.2 Å². The normalized spacial score (nSPS) is 12.9. The second-order valence-electron chi connectivity index (χ2n) is 6.61. The second-order valence-corrected chi connectivity index (χ2v) is 7.55. The predicted molar refractivity (Wildman–Crippen MR) is 93.5 cm³/mol. The molecule has 0 fully saturated rings. The Morgan fingerprint density at radius 1 is 1.30 bits per heavy atom. The van der Waals surface area contributed by atoms with Gasteiger partial charge in [0.1, 0.15) is 0 Å². The number of nitrogens with zero attached hydrogens (tertiary/aromatic N) is 1. The molecule has 124 valence electrons. The van der Waals surface area contributed by atoms with Crippen LogP contribution in [0.1, 0.15) is 49.6 Å². The molecule has 0 radical (unpaired) electrons. The van der Waals surface area contributed by atoms with Crippen molar-refractivity contribution in [2.24, 2.45) is 0 Å². The van der Waals surface area contributed by atoms with Gasteiger partial charge in [0.05, 0.1) is 23.2 Å². The Labute approximate surface area is 141 Å². The van der Waals surface area contributed by atoms with Gasteiger partial charge < -0.3 is 10.4 Å². The van der Waals surface area contributed by atoms with E-state index in [1.165, 1.54) is 0 Å². The van der Waals surface area contributed by atoms with Gasteiger partial charge in [0.25, 0.3) is 0 Å². The van der Waals surface area contributed by atoms with E-state index in [2.05, 4.69) is 36.5 Å². The Morgan fingerprint density at radius 2 is 2.00 bits per heavy atom. The Bertz CT molecular complexity index is 632. The predicted octanol–water partition coefficient (Wildman–Crippen LogP) is 3.22. The molecule has 2 rings (SSSR count). The number of hydrogen-bond acceptors (Lipinski definition) is 4. The topological polar surface area (TPSA) is 62.2 Å². The minimum atomic E-state index is -0.761. The van der Waals surface area contributed by atoms with Crippen molar-refractivity contribution in [1.82, 2.24) is 10.3 Å². The van der Waals surface area contributed by atoms with Gasteiger partial charge in [0.15, 0.2) is 0 Å². The van der Waals surface area contributed by atoms with Crippen LogP contribution in [0.4, 0.5) is 0 Å². The van der Waals surface area contributed by atoms with Gasteiger partial charge in [-0.2, -0.15) is 0 Å². The Morgan fingerprint density at radius 3 is 2.61 bits per heavy atom. The highest BCUT2D eigenvalue weighted by Gasteiger charge is 2.17. The van der Waals surface area contributed by atoms with Crippen molar-refractivity contribution in [3.05, 3.63) is 52.0 Å². The second kappa shape index (κ2) is 7.70. The van der Waals surface area contributed by atoms with Crippen LogP contribution in [0.2, 0.25) is 0 Å². The van der Waals surface area contributed by atoms with Crippen LogP contribution in [-0.2, 0) is 16.6 Å². The monoisotopic (exact) mass is 332 g/mol. The molecule has 2 aromatic rings. The summed E-state index contributed by atoms with van der Waals surface area (Å²) in [6.45, 7) is 6.95. The average Bonchev–Trinajstić information content (AvgIpc) is 2.97. The number of thiazole rings is 1. The minimum absolute atomic E-state index is 0.0534. The van der Waals surface area contributed by atoms with E-state index >= 15 is 0 Å². The summed E-state index contributed by atoms with van der Waals surface area (Å²) >= 11 is 1.63. The lowest BCUT2D eigenvalue weighted by Gasteiger charge is -2.14. The van der Waals surface area contributed by atoms with E-state index in [0.29, 0.717) is 13.0 Å². The lowest BCUT2D eigenvalue weighted by molar-refractivity contribution is -0.123. The molecule has 23 heavy (non-hydrogen) atoms. The highest BCUT2D eigenvalue weighted by molar-refractivity contribution is 7.09. The van der Waals surface area contributed by atoms with Crippen LogP contribution in [0.15, 0.2) is 35.7 Å². The first-order chi connectivity index (χ1) is 10.9. The first-order valence-corrected chi connectivity index (χ1v) is 8.69. The number of carbonyl (C=O) groups is 1. The van der Waals surface area contributed by atoms with Crippen LogP contribution in [-0.4, -0.2) is 22.5 Å². The largest absolute Gasteiger partial charge is 0.388 e. The van der Waals surface area contributed by atoms with E-state index in [-0.39, 0.29) is 17.7 Å². The number of hydrogen-bond donors (Lipinski definition) is 2. The summed E-state index contributed by atoms with van der Waals surface area (Å²) < 4.78 is 0. The summed E-state index contributed by atoms with van der Waals surface area (Å²) in [6.07, 6.45) is 0.0341. The highest BCUT2D eigenvalue weighted by Crippen LogP contribution is 2.24. The summed E-state index contributed by atoms with van der Waals surface area (Å²) in [5, 5.41) is 16.0. The molecule has 1 aromatic heterocycles. The molecule has 1 heterocycles. The van der Waals surface area contributed by atoms with Gasteiger partial charge in [0.2, 0.25) is 5.91 Å². The number of rotatable bonds is 6. The number of carbonyl (C=O) groups excluding carboxylic acids is 1. The fourth-order valence-corrected chi connectivity index (χ4v) is 3.14. The Balaban J connectivity index is 1.76. The zero-order valence-corrected chi connectivity index (χ0v) is 14.7. The smallest absolute Gasteiger partial charge is 0.222 e. The van der Waals surface area contributed by atoms with E-state index in [1.807, 2.05) is 30.3 Å². The van der Waals surface area contributed by atoms with E-state index in [4.69, 9.17) is 0 Å². The summed E-state index contributed by atoms with van der Waals surface area (Å²) in [5.41, 5.74) is 1.90. The van der Waals surface area contributed by atoms with Gasteiger partial charge in [-0.05, 0) is 5.56 Å². The molecule has 0 spiro atoms. The van der Waals surface area contributed by atoms with Gasteiger partial charge in [0, 0.05) is 23.8 Å². The quantitative estimate of drug-likeness (QED) is 0.854. The third kappa shape index (κ3) is 5.44. The van der Waals surface area contributed by atoms with Crippen LogP contribution in [0, 0.1) is 0 Å². The standard InChI is InChI=1S/C18H24N2O2S/c1-18(2,3)15-12-23-17(20-15)9-10-19-16(22)11-14(21)13-7-5-4-6-8-13/h4-8,12,14,21H,9-11H2,1-3H3,(H,19,22). The fraction of sp³-hybridized carbons (Fsp3) is 0.444. The maximum absolute atomic E-state index is 11.9.